The van der Waals surface area contributed by atoms with E-state index in [2.05, 4.69) is 21.9 Å². The van der Waals surface area contributed by atoms with Gasteiger partial charge in [-0.05, 0) is 0 Å². The molecular formula is C6H8Cl3SbZr. The van der Waals surface area contributed by atoms with Crippen molar-refractivity contribution in [3.63, 3.8) is 0 Å². The van der Waals surface area contributed by atoms with Crippen molar-refractivity contribution in [2.75, 3.05) is 0 Å². The van der Waals surface area contributed by atoms with Crippen molar-refractivity contribution in [2.45, 2.75) is 13.8 Å². The quantitative estimate of drug-likeness (QED) is 0.281. The van der Waals surface area contributed by atoms with Crippen molar-refractivity contribution in [1.82, 2.24) is 0 Å². The van der Waals surface area contributed by atoms with Crippen LogP contribution in [0, 0.1) is 4.02 Å². The minimum Gasteiger partial charge on any atom is -1.00 e. The van der Waals surface area contributed by atoms with Crippen LogP contribution in [0.15, 0.2) is 15.2 Å². The number of halogens is 3. The minimum absolute atomic E-state index is 0. The summed E-state index contributed by atoms with van der Waals surface area (Å²) in [5.41, 5.74) is 2.86. The fourth-order valence-electron chi connectivity index (χ4n) is 0.459. The molecule has 0 aromatic rings. The zero-order valence-electron chi connectivity index (χ0n) is 6.21. The van der Waals surface area contributed by atoms with Gasteiger partial charge in [0.2, 0.25) is 0 Å². The average molecular weight is 399 g/mol. The van der Waals surface area contributed by atoms with Gasteiger partial charge in [-0.15, -0.1) is 0 Å². The Balaban J connectivity index is -0.0000000612. The van der Waals surface area contributed by atoms with Gasteiger partial charge in [0.05, 0.1) is 0 Å². The van der Waals surface area contributed by atoms with Crippen LogP contribution in [0.1, 0.15) is 13.8 Å². The Labute approximate surface area is 117 Å². The molecule has 62 valence electrons. The summed E-state index contributed by atoms with van der Waals surface area (Å²) in [7, 11) is 0. The molecule has 0 amide bonds. The summed E-state index contributed by atoms with van der Waals surface area (Å²) in [6.45, 7) is 4.30. The standard InChI is InChI=1S/C6H7.3ClH.Sb.Zr.H/c1-5(2)6(3)4;;;;;;/h1H,2-3H3;3*1H;;;/q-1;;;;;+4;/p-3. The van der Waals surface area contributed by atoms with Crippen LogP contribution in [0.5, 0.6) is 0 Å². The van der Waals surface area contributed by atoms with E-state index in [4.69, 9.17) is 0 Å². The first-order valence-corrected chi connectivity index (χ1v) is 5.40. The number of rotatable bonds is 0. The van der Waals surface area contributed by atoms with E-state index in [1.54, 1.807) is 0 Å². The Morgan fingerprint density at radius 3 is 1.73 bits per heavy atom. The second-order valence-corrected chi connectivity index (χ2v) is 4.08. The van der Waals surface area contributed by atoms with E-state index in [9.17, 15) is 0 Å². The number of hydrogen-bond acceptors (Lipinski definition) is 0. The van der Waals surface area contributed by atoms with Gasteiger partial charge >= 0.3 is 80.9 Å². The van der Waals surface area contributed by atoms with Crippen LogP contribution in [-0.2, 0) is 26.2 Å². The molecule has 0 unspecified atom stereocenters. The van der Waals surface area contributed by atoms with Crippen LogP contribution in [0.25, 0.3) is 0 Å². The first-order chi connectivity index (χ1) is 3.30. The van der Waals surface area contributed by atoms with Gasteiger partial charge in [-0.2, -0.15) is 0 Å². The maximum absolute atomic E-state index is 3.36. The SMILES string of the molecule is CC1=[C-][SbH][CH]=C1C.[Cl-].[Cl-].[Cl-].[Zr+4]. The van der Waals surface area contributed by atoms with E-state index in [0.717, 1.165) is 0 Å². The van der Waals surface area contributed by atoms with Gasteiger partial charge in [0, 0.05) is 0 Å². The molecule has 0 saturated carbocycles. The molecule has 0 radical (unpaired) electrons. The molecule has 1 heterocycles. The van der Waals surface area contributed by atoms with Crippen LogP contribution in [0.4, 0.5) is 0 Å². The summed E-state index contributed by atoms with van der Waals surface area (Å²) in [5, 5.41) is 0. The normalized spacial score (nSPS) is 12.2. The predicted molar refractivity (Wildman–Crippen MR) is 33.3 cm³/mol. The van der Waals surface area contributed by atoms with Crippen molar-refractivity contribution < 1.29 is 63.4 Å². The summed E-state index contributed by atoms with van der Waals surface area (Å²) in [6, 6.07) is 0. The molecule has 0 nitrogen and oxygen atoms in total. The van der Waals surface area contributed by atoms with Crippen LogP contribution in [-0.4, -0.2) is 21.6 Å². The Morgan fingerprint density at radius 2 is 1.64 bits per heavy atom. The molecule has 0 fully saturated rings. The Kier molecular flexibility index (Phi) is 25.3. The second kappa shape index (κ2) is 12.1. The van der Waals surface area contributed by atoms with Gasteiger partial charge in [-0.3, -0.25) is 0 Å². The molecular weight excluding hydrogens is 391 g/mol. The molecule has 0 atom stereocenters. The van der Waals surface area contributed by atoms with E-state index in [1.807, 2.05) is 0 Å². The topological polar surface area (TPSA) is 0 Å². The summed E-state index contributed by atoms with van der Waals surface area (Å²) in [4.78, 5) is 0. The third-order valence-corrected chi connectivity index (χ3v) is 4.27. The summed E-state index contributed by atoms with van der Waals surface area (Å²) in [5.74, 6) is 0. The molecule has 1 rings (SSSR count). The Hall–Kier alpha value is 2.05. The zero-order valence-corrected chi connectivity index (χ0v) is 13.8. The Bertz CT molecular complexity index is 129. The zero-order chi connectivity index (χ0) is 5.28. The van der Waals surface area contributed by atoms with Crippen molar-refractivity contribution in [1.29, 1.82) is 0 Å². The summed E-state index contributed by atoms with van der Waals surface area (Å²) < 4.78 is 5.72. The molecule has 11 heavy (non-hydrogen) atoms. The fourth-order valence-corrected chi connectivity index (χ4v) is 3.08. The molecule has 5 heteroatoms. The van der Waals surface area contributed by atoms with E-state index in [-0.39, 0.29) is 85.0 Å². The molecule has 0 aromatic carbocycles. The molecule has 0 N–H and O–H groups in total. The predicted octanol–water partition coefficient (Wildman–Crippen LogP) is -7.94. The molecule has 0 aliphatic carbocycles. The van der Waals surface area contributed by atoms with E-state index < -0.39 is 0 Å². The third-order valence-electron chi connectivity index (χ3n) is 1.14. The van der Waals surface area contributed by atoms with Crippen molar-refractivity contribution in [3.05, 3.63) is 19.2 Å². The van der Waals surface area contributed by atoms with Crippen LogP contribution in [0.3, 0.4) is 0 Å². The first-order valence-electron chi connectivity index (χ1n) is 2.33. The van der Waals surface area contributed by atoms with Gasteiger partial charge in [-0.1, -0.05) is 0 Å². The summed E-state index contributed by atoms with van der Waals surface area (Å²) >= 11 is -0.231. The van der Waals surface area contributed by atoms with Gasteiger partial charge in [0.1, 0.15) is 0 Å². The van der Waals surface area contributed by atoms with Gasteiger partial charge < -0.3 is 37.2 Å². The molecule has 0 spiro atoms. The van der Waals surface area contributed by atoms with Gasteiger partial charge in [-0.25, -0.2) is 0 Å². The Morgan fingerprint density at radius 1 is 1.18 bits per heavy atom. The van der Waals surface area contributed by atoms with Crippen LogP contribution >= 0.6 is 0 Å². The maximum atomic E-state index is 3.36. The number of hydrogen-bond donors (Lipinski definition) is 0. The fraction of sp³-hybridized carbons (Fsp3) is 0.333. The monoisotopic (exact) mass is 396 g/mol. The number of allylic oxidation sites excluding steroid dienone is 2. The first kappa shape index (κ1) is 23.1. The molecule has 1 aliphatic heterocycles. The van der Waals surface area contributed by atoms with Crippen molar-refractivity contribution in [2.24, 2.45) is 0 Å². The molecule has 1 aliphatic rings. The van der Waals surface area contributed by atoms with Gasteiger partial charge in [0.15, 0.2) is 0 Å². The van der Waals surface area contributed by atoms with E-state index in [0.29, 0.717) is 0 Å². The van der Waals surface area contributed by atoms with E-state index in [1.165, 1.54) is 11.1 Å². The summed E-state index contributed by atoms with van der Waals surface area (Å²) in [6.07, 6.45) is 0. The van der Waals surface area contributed by atoms with Crippen molar-refractivity contribution in [3.8, 4) is 0 Å². The molecule has 0 aromatic heterocycles. The molecule has 0 bridgehead atoms. The third kappa shape index (κ3) is 8.38. The smallest absolute Gasteiger partial charge is 1.00 e. The maximum Gasteiger partial charge on any atom is 4.00 e. The van der Waals surface area contributed by atoms with Gasteiger partial charge in [0.25, 0.3) is 0 Å². The second-order valence-electron chi connectivity index (χ2n) is 1.72. The molecule has 0 saturated heterocycles. The van der Waals surface area contributed by atoms with Crippen molar-refractivity contribution >= 4 is 21.6 Å². The average Bonchev–Trinajstić information content (AvgIpc) is 1.91. The minimum atomic E-state index is -0.231. The largest absolute Gasteiger partial charge is 4.00 e. The van der Waals surface area contributed by atoms with E-state index >= 15 is 0 Å². The van der Waals surface area contributed by atoms with Crippen LogP contribution < -0.4 is 37.2 Å². The van der Waals surface area contributed by atoms with Crippen LogP contribution in [0.2, 0.25) is 0 Å².